The third-order valence-electron chi connectivity index (χ3n) is 21.2. The van der Waals surface area contributed by atoms with E-state index in [0.717, 1.165) is 97.2 Å². The van der Waals surface area contributed by atoms with Crippen LogP contribution in [0.15, 0.2) is 113 Å². The van der Waals surface area contributed by atoms with Gasteiger partial charge in [0.15, 0.2) is 41.4 Å². The van der Waals surface area contributed by atoms with Crippen molar-refractivity contribution >= 4 is 89.9 Å². The van der Waals surface area contributed by atoms with Gasteiger partial charge in [0, 0.05) is 74.5 Å². The predicted octanol–water partition coefficient (Wildman–Crippen LogP) is 6.15. The molecule has 13 rings (SSSR count). The number of H-pyrrole nitrogens is 1. The highest BCUT2D eigenvalue weighted by Crippen LogP contribution is 2.84. The smallest absolute Gasteiger partial charge is 0.407 e. The van der Waals surface area contributed by atoms with E-state index in [0.29, 0.717) is 55.7 Å². The number of carbonyl (C=O) groups is 7. The summed E-state index contributed by atoms with van der Waals surface area (Å²) in [5.41, 5.74) is -2.92. The highest BCUT2D eigenvalue weighted by atomic mass is 32.7. The fraction of sp³-hybridized carbons (Fsp3) is 0.514. The number of unbranched alkanes of at least 4 members (excludes halogenated alkanes) is 11. The zero-order valence-corrected chi connectivity index (χ0v) is 64.4. The van der Waals surface area contributed by atoms with Gasteiger partial charge in [-0.15, -0.1) is 0 Å². The van der Waals surface area contributed by atoms with E-state index in [1.807, 2.05) is 0 Å². The molecule has 2 saturated carbocycles. The van der Waals surface area contributed by atoms with Crippen molar-refractivity contribution in [2.24, 2.45) is 11.8 Å². The molecular weight excluding hydrogens is 1570 g/mol. The van der Waals surface area contributed by atoms with Crippen LogP contribution >= 0.6 is 25.5 Å². The van der Waals surface area contributed by atoms with Crippen LogP contribution in [0.2, 0.25) is 0 Å². The number of halogens is 2. The monoisotopic (exact) mass is 1660 g/mol. The third-order valence-corrected chi connectivity index (χ3v) is 28.3. The fourth-order valence-electron chi connectivity index (χ4n) is 15.1. The highest BCUT2D eigenvalue weighted by molar-refractivity contribution is 8.56. The number of aromatic nitrogens is 6. The average Bonchev–Trinajstić information content (AvgIpc) is 1.49. The number of imide groups is 1. The maximum atomic E-state index is 17.9. The second kappa shape index (κ2) is 36.0. The maximum absolute atomic E-state index is 17.9. The van der Waals surface area contributed by atoms with E-state index in [-0.39, 0.29) is 95.7 Å². The number of fused-ring (bicyclic) bond motifs is 3. The molecule has 0 radical (unpaired) electrons. The van der Waals surface area contributed by atoms with Crippen LogP contribution in [0.5, 0.6) is 17.2 Å². The number of aromatic amines is 1. The Labute approximate surface area is 658 Å². The number of esters is 1. The molecule has 5 aliphatic heterocycles. The van der Waals surface area contributed by atoms with E-state index < -0.39 is 152 Å². The van der Waals surface area contributed by atoms with Gasteiger partial charge in [0.25, 0.3) is 23.9 Å². The zero-order valence-electron chi connectivity index (χ0n) is 61.8. The van der Waals surface area contributed by atoms with E-state index in [2.05, 4.69) is 35.9 Å². The number of hydrogen-bond acceptors (Lipinski definition) is 28. The summed E-state index contributed by atoms with van der Waals surface area (Å²) < 4.78 is 119. The second-order valence-electron chi connectivity index (χ2n) is 29.0. The Bertz CT molecular complexity index is 4840. The Balaban J connectivity index is 0.502. The first kappa shape index (κ1) is 83.6. The number of alkyl carbamates (subject to hydrolysis) is 1. The number of alkyl halides is 2. The standard InChI is InChI=1S/C74H87F2N11O25P2S/c75-73-55-49(111-70(73)87-40-82-57-64(77)80-39-81-65(57)87)37-107-114(103,63-56-48(36-106-113(101,102)62(55)73)110-69(74(56,63)76)86-32-28-52(90)84-71(86)99)115-38-41-15-20-45(21-16-41)108-67(98)43-18-22-44(23-19-43)104-33-13-8-6-4-2-1-3-5-7-11-29-79-72(100)105-35-42-17-24-47(109-68-60(95)58(93)59(94)61(112-68)66(96)97)46(34-42)83-51(89)27-30-78-50(88)14-10-9-12-31-85-53(91)25-26-54(85)92/h15-26,28,32,34,39-40,48-49,55-56,58-63,68-70,93-95H,1-14,27,29-31,33,35-38H2,(H,78,88)(H,79,100)(H,83,89)(H,96,97)(H,101,102)(H2,77,80,81)(H,84,90,99)/t48-,49-,55+,56+,58-,59-,60+,61-,62?,63?,68+,69-,70-,73?,74+,114?/m1/s1. The number of aliphatic hydroxyl groups excluding tert-OH is 3. The molecule has 11 N–H and O–H groups in total. The molecule has 2 aliphatic carbocycles. The number of aliphatic carboxylic acids is 1. The van der Waals surface area contributed by atoms with E-state index in [1.165, 1.54) is 53.4 Å². The van der Waals surface area contributed by atoms with Gasteiger partial charge in [0.1, 0.15) is 59.7 Å². The lowest BCUT2D eigenvalue weighted by atomic mass is 9.99. The lowest BCUT2D eigenvalue weighted by Crippen LogP contribution is -2.61. The summed E-state index contributed by atoms with van der Waals surface area (Å²) in [5.74, 6) is -6.15. The molecule has 115 heavy (non-hydrogen) atoms. The van der Waals surface area contributed by atoms with Crippen LogP contribution < -0.4 is 47.1 Å². The minimum Gasteiger partial charge on any atom is -0.494 e. The number of nitrogens with two attached hydrogens (primary N) is 1. The van der Waals surface area contributed by atoms with Gasteiger partial charge < -0.3 is 89.2 Å². The molecule has 3 aromatic heterocycles. The van der Waals surface area contributed by atoms with Crippen LogP contribution in [0.3, 0.4) is 0 Å². The van der Waals surface area contributed by atoms with Gasteiger partial charge in [-0.2, -0.15) is 0 Å². The molecule has 3 aromatic carbocycles. The van der Waals surface area contributed by atoms with Crippen LogP contribution in [-0.4, -0.2) is 206 Å². The highest BCUT2D eigenvalue weighted by Gasteiger charge is 2.87. The molecule has 36 nitrogen and oxygen atoms in total. The Morgan fingerprint density at radius 3 is 2.03 bits per heavy atom. The van der Waals surface area contributed by atoms with E-state index >= 15 is 13.3 Å². The summed E-state index contributed by atoms with van der Waals surface area (Å²) in [6.45, 7) is -5.07. The first-order valence-corrected chi connectivity index (χ1v) is 42.7. The summed E-state index contributed by atoms with van der Waals surface area (Å²) in [6.07, 6.45) is 0.247. The van der Waals surface area contributed by atoms with Gasteiger partial charge in [-0.1, -0.05) is 87.4 Å². The first-order valence-electron chi connectivity index (χ1n) is 37.7. The number of aliphatic hydroxyl groups is 3. The molecule has 6 fully saturated rings. The number of anilines is 2. The number of nitrogen functional groups attached to an aromatic ring is 1. The van der Waals surface area contributed by atoms with Crippen LogP contribution in [0, 0.1) is 11.8 Å². The summed E-state index contributed by atoms with van der Waals surface area (Å²) >= 11 is 0.766. The Hall–Kier alpha value is -9.37. The summed E-state index contributed by atoms with van der Waals surface area (Å²) in [5, 5.41) is 48.7. The van der Waals surface area contributed by atoms with Crippen LogP contribution in [0.1, 0.15) is 130 Å². The number of nitrogens with zero attached hydrogens (tertiary/aromatic N) is 6. The van der Waals surface area contributed by atoms with E-state index in [9.17, 15) is 73.0 Å². The summed E-state index contributed by atoms with van der Waals surface area (Å²) in [4.78, 5) is 139. The van der Waals surface area contributed by atoms with Crippen molar-refractivity contribution in [3.63, 3.8) is 0 Å². The second-order valence-corrected chi connectivity index (χ2v) is 35.7. The third kappa shape index (κ3) is 18.7. The summed E-state index contributed by atoms with van der Waals surface area (Å²) in [7, 11) is -4.95. The normalized spacial score (nSPS) is 29.0. The molecule has 6 aromatic rings. The van der Waals surface area contributed by atoms with Gasteiger partial charge in [-0.3, -0.25) is 52.1 Å². The molecule has 618 valence electrons. The van der Waals surface area contributed by atoms with Gasteiger partial charge in [-0.05, 0) is 85.3 Å². The molecular formula is C74H87F2N11O25P2S. The minimum absolute atomic E-state index is 0.0176. The molecule has 0 bridgehead atoms. The van der Waals surface area contributed by atoms with Crippen molar-refractivity contribution < 1.29 is 119 Å². The van der Waals surface area contributed by atoms with Gasteiger partial charge >= 0.3 is 31.3 Å². The Morgan fingerprint density at radius 2 is 1.33 bits per heavy atom. The lowest BCUT2D eigenvalue weighted by molar-refractivity contribution is -0.271. The molecule has 5 unspecified atom stereocenters. The van der Waals surface area contributed by atoms with Gasteiger partial charge in [0.2, 0.25) is 18.1 Å². The number of ether oxygens (including phenoxy) is 7. The van der Waals surface area contributed by atoms with Crippen LogP contribution in [0.4, 0.5) is 25.1 Å². The quantitative estimate of drug-likeness (QED) is 0.00692. The number of imidazole rings is 1. The number of rotatable bonds is 36. The van der Waals surface area contributed by atoms with Crippen molar-refractivity contribution in [3.8, 4) is 17.2 Å². The number of carbonyl (C=O) groups excluding carboxylic acids is 6. The lowest BCUT2D eigenvalue weighted by Gasteiger charge is -2.38. The minimum atomic E-state index is -4.95. The number of carboxylic acid groups (broad SMARTS) is 1. The van der Waals surface area contributed by atoms with Crippen LogP contribution in [0.25, 0.3) is 11.2 Å². The van der Waals surface area contributed by atoms with E-state index in [1.54, 1.807) is 36.4 Å². The molecule has 4 saturated heterocycles. The van der Waals surface area contributed by atoms with Crippen molar-refractivity contribution in [2.45, 2.75) is 187 Å². The maximum Gasteiger partial charge on any atom is 0.407 e. The predicted molar refractivity (Wildman–Crippen MR) is 401 cm³/mol. The number of carboxylic acids is 1. The number of benzene rings is 3. The Morgan fingerprint density at radius 1 is 0.687 bits per heavy atom. The average molecular weight is 1660 g/mol. The molecule has 5 amide bonds. The first-order chi connectivity index (χ1) is 55.2. The number of amides is 5. The van der Waals surface area contributed by atoms with Crippen molar-refractivity contribution in [1.29, 1.82) is 0 Å². The zero-order chi connectivity index (χ0) is 81.5. The SMILES string of the molecule is Nc1ncnc2c1ncn2[C@@H]1O[C@@H]2COP(=O)(SCc3ccc(OC(=O)c4ccc(OCCCCCCCCCCCCNC(=O)OCc5ccc(O[C@H]6O[C@@H](C(=O)O)[C@H](O)[C@@H](O)[C@@H]6O)c(NC(=O)CCNC(=O)CCCCCN6C(=O)C=CC6=O)c5)cc4)cc3)C3[C@@H]4[C@@H](COP(=O)(O)C5[C@H]2C51F)O[C@@H](n1ccc(=O)[nH]c1=O)[C@@]34F. The van der Waals surface area contributed by atoms with Crippen molar-refractivity contribution in [1.82, 2.24) is 44.6 Å². The van der Waals surface area contributed by atoms with Crippen molar-refractivity contribution in [2.75, 3.05) is 50.5 Å². The molecule has 41 heteroatoms. The number of nitrogens with one attached hydrogen (secondary N) is 4. The van der Waals surface area contributed by atoms with Gasteiger partial charge in [-0.25, -0.2) is 42.9 Å². The van der Waals surface area contributed by atoms with Gasteiger partial charge in [0.05, 0.1) is 55.3 Å². The van der Waals surface area contributed by atoms with Crippen LogP contribution in [-0.2, 0) is 73.5 Å². The Kier molecular flexibility index (Phi) is 26.2. The topological polar surface area (TPSA) is 502 Å². The molecule has 0 spiro atoms. The number of hydrogen-bond donors (Lipinski definition) is 10. The summed E-state index contributed by atoms with van der Waals surface area (Å²) in [6, 6.07) is 17.9. The van der Waals surface area contributed by atoms with Crippen molar-refractivity contribution in [3.05, 3.63) is 141 Å². The molecule has 7 aliphatic rings. The van der Waals surface area contributed by atoms with E-state index in [4.69, 9.17) is 47.9 Å². The largest absolute Gasteiger partial charge is 0.494 e. The molecule has 8 heterocycles. The molecule has 17 atom stereocenters. The fourth-order valence-corrected chi connectivity index (χ4v) is 22.7.